The second-order valence-electron chi connectivity index (χ2n) is 5.29. The smallest absolute Gasteiger partial charge is 0.255 e. The number of nitrogens with zero attached hydrogens (tertiary/aromatic N) is 1. The van der Waals surface area contributed by atoms with E-state index in [1.807, 2.05) is 6.92 Å². The van der Waals surface area contributed by atoms with Crippen molar-refractivity contribution < 1.29 is 9.18 Å². The first-order valence-corrected chi connectivity index (χ1v) is 6.90. The van der Waals surface area contributed by atoms with E-state index in [4.69, 9.17) is 0 Å². The Balaban J connectivity index is 2.12. The van der Waals surface area contributed by atoms with Crippen LogP contribution in [0.25, 0.3) is 10.9 Å². The molecule has 1 amide bonds. The van der Waals surface area contributed by atoms with Gasteiger partial charge in [0.2, 0.25) is 5.56 Å². The standard InChI is InChI=1S/C15H16FN3O2/c1-9-8-17-4-5-19(9)15(21)12-7-14(20)18-13-3-2-10(16)6-11(12)13/h2-3,6-7,9,17H,4-5,8H2,1H3,(H,18,20)/t9-/m0/s1. The number of aromatic nitrogens is 1. The average molecular weight is 289 g/mol. The number of nitrogens with one attached hydrogen (secondary N) is 2. The Morgan fingerprint density at radius 3 is 2.95 bits per heavy atom. The van der Waals surface area contributed by atoms with Crippen LogP contribution < -0.4 is 10.9 Å². The van der Waals surface area contributed by atoms with Gasteiger partial charge in [-0.15, -0.1) is 0 Å². The molecule has 5 nitrogen and oxygen atoms in total. The lowest BCUT2D eigenvalue weighted by Gasteiger charge is -2.34. The number of carbonyl (C=O) groups is 1. The molecule has 3 rings (SSSR count). The molecule has 2 aromatic rings. The highest BCUT2D eigenvalue weighted by Gasteiger charge is 2.25. The van der Waals surface area contributed by atoms with Gasteiger partial charge in [-0.1, -0.05) is 0 Å². The topological polar surface area (TPSA) is 65.2 Å². The number of H-pyrrole nitrogens is 1. The summed E-state index contributed by atoms with van der Waals surface area (Å²) in [5.41, 5.74) is 0.359. The number of hydrogen-bond donors (Lipinski definition) is 2. The van der Waals surface area contributed by atoms with Gasteiger partial charge in [0.1, 0.15) is 5.82 Å². The zero-order chi connectivity index (χ0) is 15.0. The summed E-state index contributed by atoms with van der Waals surface area (Å²) >= 11 is 0. The Kier molecular flexibility index (Phi) is 3.47. The summed E-state index contributed by atoms with van der Waals surface area (Å²) in [7, 11) is 0. The first-order valence-electron chi connectivity index (χ1n) is 6.90. The molecule has 21 heavy (non-hydrogen) atoms. The van der Waals surface area contributed by atoms with Crippen molar-refractivity contribution in [1.29, 1.82) is 0 Å². The first kappa shape index (κ1) is 13.8. The number of aromatic amines is 1. The Morgan fingerprint density at radius 2 is 2.19 bits per heavy atom. The van der Waals surface area contributed by atoms with Crippen LogP contribution in [0, 0.1) is 5.82 Å². The summed E-state index contributed by atoms with van der Waals surface area (Å²) in [5.74, 6) is -0.664. The fraction of sp³-hybridized carbons (Fsp3) is 0.333. The molecule has 0 aliphatic carbocycles. The Morgan fingerprint density at radius 1 is 1.38 bits per heavy atom. The number of fused-ring (bicyclic) bond motifs is 1. The minimum Gasteiger partial charge on any atom is -0.333 e. The Bertz CT molecular complexity index is 756. The predicted octanol–water partition coefficient (Wildman–Crippen LogP) is 1.10. The van der Waals surface area contributed by atoms with E-state index < -0.39 is 5.82 Å². The SMILES string of the molecule is C[C@H]1CNCCN1C(=O)c1cc(=O)[nH]c2ccc(F)cc12. The quantitative estimate of drug-likeness (QED) is 0.826. The predicted molar refractivity (Wildman–Crippen MR) is 77.9 cm³/mol. The van der Waals surface area contributed by atoms with Gasteiger partial charge in [-0.3, -0.25) is 9.59 Å². The molecule has 0 unspecified atom stereocenters. The van der Waals surface area contributed by atoms with E-state index in [1.54, 1.807) is 4.90 Å². The zero-order valence-electron chi connectivity index (χ0n) is 11.6. The van der Waals surface area contributed by atoms with Crippen LogP contribution >= 0.6 is 0 Å². The van der Waals surface area contributed by atoms with Gasteiger partial charge in [0.25, 0.3) is 5.91 Å². The molecule has 1 atom stereocenters. The molecule has 1 aliphatic heterocycles. The molecule has 2 heterocycles. The molecule has 0 saturated carbocycles. The molecular weight excluding hydrogens is 273 g/mol. The average Bonchev–Trinajstić information content (AvgIpc) is 2.47. The molecule has 1 fully saturated rings. The van der Waals surface area contributed by atoms with Gasteiger partial charge in [0.15, 0.2) is 0 Å². The molecular formula is C15H16FN3O2. The van der Waals surface area contributed by atoms with Crippen molar-refractivity contribution in [2.75, 3.05) is 19.6 Å². The number of benzene rings is 1. The van der Waals surface area contributed by atoms with E-state index in [2.05, 4.69) is 10.3 Å². The molecule has 0 bridgehead atoms. The highest BCUT2D eigenvalue weighted by Crippen LogP contribution is 2.19. The third kappa shape index (κ3) is 2.54. The van der Waals surface area contributed by atoms with Crippen LogP contribution in [0.1, 0.15) is 17.3 Å². The molecule has 6 heteroatoms. The van der Waals surface area contributed by atoms with Crippen LogP contribution in [-0.2, 0) is 0 Å². The molecule has 1 aromatic heterocycles. The summed E-state index contributed by atoms with van der Waals surface area (Å²) in [5, 5.41) is 3.64. The number of pyridine rings is 1. The summed E-state index contributed by atoms with van der Waals surface area (Å²) in [6, 6.07) is 5.31. The normalized spacial score (nSPS) is 19.0. The van der Waals surface area contributed by atoms with Crippen LogP contribution in [0.2, 0.25) is 0 Å². The number of amides is 1. The molecule has 2 N–H and O–H groups in total. The van der Waals surface area contributed by atoms with Crippen molar-refractivity contribution in [3.63, 3.8) is 0 Å². The molecule has 1 saturated heterocycles. The molecule has 0 spiro atoms. The van der Waals surface area contributed by atoms with Crippen LogP contribution in [0.4, 0.5) is 4.39 Å². The highest BCUT2D eigenvalue weighted by atomic mass is 19.1. The van der Waals surface area contributed by atoms with E-state index in [-0.39, 0.29) is 23.1 Å². The minimum absolute atomic E-state index is 0.0362. The zero-order valence-corrected chi connectivity index (χ0v) is 11.6. The maximum Gasteiger partial charge on any atom is 0.255 e. The lowest BCUT2D eigenvalue weighted by molar-refractivity contribution is 0.0657. The van der Waals surface area contributed by atoms with Crippen molar-refractivity contribution in [2.24, 2.45) is 0 Å². The van der Waals surface area contributed by atoms with E-state index in [0.717, 1.165) is 0 Å². The molecule has 1 aromatic carbocycles. The maximum absolute atomic E-state index is 13.5. The van der Waals surface area contributed by atoms with Gasteiger partial charge in [0.05, 0.1) is 5.56 Å². The maximum atomic E-state index is 13.5. The van der Waals surface area contributed by atoms with E-state index in [9.17, 15) is 14.0 Å². The van der Waals surface area contributed by atoms with Gasteiger partial charge in [-0.2, -0.15) is 0 Å². The van der Waals surface area contributed by atoms with Crippen LogP contribution in [-0.4, -0.2) is 41.5 Å². The number of rotatable bonds is 1. The lowest BCUT2D eigenvalue weighted by atomic mass is 10.1. The fourth-order valence-electron chi connectivity index (χ4n) is 2.70. The fourth-order valence-corrected chi connectivity index (χ4v) is 2.70. The molecule has 110 valence electrons. The minimum atomic E-state index is -0.433. The van der Waals surface area contributed by atoms with Crippen molar-refractivity contribution in [1.82, 2.24) is 15.2 Å². The third-order valence-corrected chi connectivity index (χ3v) is 3.80. The van der Waals surface area contributed by atoms with Gasteiger partial charge in [0, 0.05) is 42.6 Å². The Hall–Kier alpha value is -2.21. The summed E-state index contributed by atoms with van der Waals surface area (Å²) in [4.78, 5) is 28.8. The lowest BCUT2D eigenvalue weighted by Crippen LogP contribution is -2.52. The monoisotopic (exact) mass is 289 g/mol. The second kappa shape index (κ2) is 5.29. The van der Waals surface area contributed by atoms with Crippen molar-refractivity contribution >= 4 is 16.8 Å². The van der Waals surface area contributed by atoms with E-state index in [1.165, 1.54) is 24.3 Å². The summed E-state index contributed by atoms with van der Waals surface area (Å²) < 4.78 is 13.5. The molecule has 0 radical (unpaired) electrons. The van der Waals surface area contributed by atoms with Gasteiger partial charge in [-0.25, -0.2) is 4.39 Å². The number of piperazine rings is 1. The molecule has 1 aliphatic rings. The highest BCUT2D eigenvalue weighted by molar-refractivity contribution is 6.06. The van der Waals surface area contributed by atoms with Crippen molar-refractivity contribution in [3.05, 3.63) is 46.0 Å². The first-order chi connectivity index (χ1) is 10.1. The van der Waals surface area contributed by atoms with E-state index in [0.29, 0.717) is 30.5 Å². The summed E-state index contributed by atoms with van der Waals surface area (Å²) in [6.45, 7) is 3.94. The largest absolute Gasteiger partial charge is 0.333 e. The number of halogens is 1. The van der Waals surface area contributed by atoms with Crippen LogP contribution in [0.15, 0.2) is 29.1 Å². The van der Waals surface area contributed by atoms with Crippen molar-refractivity contribution in [3.8, 4) is 0 Å². The van der Waals surface area contributed by atoms with Gasteiger partial charge >= 0.3 is 0 Å². The van der Waals surface area contributed by atoms with Crippen LogP contribution in [0.3, 0.4) is 0 Å². The summed E-state index contributed by atoms with van der Waals surface area (Å²) in [6.07, 6.45) is 0. The Labute approximate surface area is 120 Å². The van der Waals surface area contributed by atoms with Crippen LogP contribution in [0.5, 0.6) is 0 Å². The van der Waals surface area contributed by atoms with Crippen molar-refractivity contribution in [2.45, 2.75) is 13.0 Å². The second-order valence-corrected chi connectivity index (χ2v) is 5.29. The van der Waals surface area contributed by atoms with Gasteiger partial charge in [-0.05, 0) is 25.1 Å². The third-order valence-electron chi connectivity index (χ3n) is 3.80. The van der Waals surface area contributed by atoms with Gasteiger partial charge < -0.3 is 15.2 Å². The number of hydrogen-bond acceptors (Lipinski definition) is 3. The van der Waals surface area contributed by atoms with E-state index >= 15 is 0 Å². The number of carbonyl (C=O) groups excluding carboxylic acids is 1.